The maximum Gasteiger partial charge on any atom is 0.270 e. The van der Waals surface area contributed by atoms with Crippen LogP contribution in [0.4, 0.5) is 5.69 Å². The van der Waals surface area contributed by atoms with Crippen LogP contribution in [-0.4, -0.2) is 10.8 Å². The summed E-state index contributed by atoms with van der Waals surface area (Å²) in [6.07, 6.45) is 1.33. The van der Waals surface area contributed by atoms with E-state index in [1.54, 1.807) is 24.3 Å². The second-order valence-corrected chi connectivity index (χ2v) is 5.85. The van der Waals surface area contributed by atoms with Crippen LogP contribution in [0.2, 0.25) is 0 Å². The molecule has 1 N–H and O–H groups in total. The van der Waals surface area contributed by atoms with E-state index < -0.39 is 10.8 Å². The predicted molar refractivity (Wildman–Crippen MR) is 103 cm³/mol. The highest BCUT2D eigenvalue weighted by Gasteiger charge is 2.12. The van der Waals surface area contributed by atoms with E-state index in [0.717, 1.165) is 5.56 Å². The summed E-state index contributed by atoms with van der Waals surface area (Å²) < 4.78 is 5.62. The minimum absolute atomic E-state index is 0.0519. The molecule has 28 heavy (non-hydrogen) atoms. The molecule has 0 saturated heterocycles. The van der Waals surface area contributed by atoms with Crippen molar-refractivity contribution in [1.29, 1.82) is 5.26 Å². The molecule has 3 rings (SSSR count). The zero-order valence-electron chi connectivity index (χ0n) is 14.7. The van der Waals surface area contributed by atoms with Crippen molar-refractivity contribution in [3.05, 3.63) is 93.7 Å². The van der Waals surface area contributed by atoms with Crippen LogP contribution in [-0.2, 0) is 11.3 Å². The number of nitriles is 1. The number of furan rings is 1. The third-order valence-corrected chi connectivity index (χ3v) is 3.92. The first kappa shape index (κ1) is 18.6. The van der Waals surface area contributed by atoms with Gasteiger partial charge in [-0.25, -0.2) is 0 Å². The number of non-ortho nitro benzene ring substituents is 1. The molecule has 0 radical (unpaired) electrons. The molecule has 7 nitrogen and oxygen atoms in total. The average molecular weight is 373 g/mol. The minimum Gasteiger partial charge on any atom is -0.457 e. The van der Waals surface area contributed by atoms with Gasteiger partial charge < -0.3 is 9.73 Å². The molecular weight excluding hydrogens is 358 g/mol. The van der Waals surface area contributed by atoms with Gasteiger partial charge >= 0.3 is 0 Å². The van der Waals surface area contributed by atoms with Crippen molar-refractivity contribution in [2.24, 2.45) is 0 Å². The second kappa shape index (κ2) is 8.47. The zero-order chi connectivity index (χ0) is 19.9. The first-order valence-electron chi connectivity index (χ1n) is 8.35. The maximum atomic E-state index is 12.2. The van der Waals surface area contributed by atoms with Gasteiger partial charge in [-0.05, 0) is 17.7 Å². The standard InChI is InChI=1S/C21H15N3O4/c22-13-17(21(25)23-14-15-5-2-1-3-6-15)12-19-9-10-20(28-19)16-7-4-8-18(11-16)24(26)27/h1-12H,14H2,(H,23,25)/b17-12+. The molecule has 1 aromatic heterocycles. The number of hydrogen-bond acceptors (Lipinski definition) is 5. The van der Waals surface area contributed by atoms with Crippen molar-refractivity contribution < 1.29 is 14.1 Å². The van der Waals surface area contributed by atoms with Crippen molar-refractivity contribution >= 4 is 17.7 Å². The Morgan fingerprint density at radius 1 is 1.14 bits per heavy atom. The van der Waals surface area contributed by atoms with E-state index in [4.69, 9.17) is 4.42 Å². The van der Waals surface area contributed by atoms with Gasteiger partial charge in [0.05, 0.1) is 4.92 Å². The highest BCUT2D eigenvalue weighted by molar-refractivity contribution is 6.01. The zero-order valence-corrected chi connectivity index (χ0v) is 14.7. The van der Waals surface area contributed by atoms with Gasteiger partial charge in [-0.2, -0.15) is 5.26 Å². The van der Waals surface area contributed by atoms with E-state index in [1.807, 2.05) is 36.4 Å². The quantitative estimate of drug-likeness (QED) is 0.303. The molecule has 3 aromatic rings. The normalized spacial score (nSPS) is 10.9. The molecule has 0 saturated carbocycles. The molecule has 0 bridgehead atoms. The molecule has 2 aromatic carbocycles. The number of hydrogen-bond donors (Lipinski definition) is 1. The number of amides is 1. The maximum absolute atomic E-state index is 12.2. The molecule has 0 aliphatic rings. The largest absolute Gasteiger partial charge is 0.457 e. The number of nitro benzene ring substituents is 1. The van der Waals surface area contributed by atoms with Crippen LogP contribution in [0.15, 0.2) is 76.7 Å². The summed E-state index contributed by atoms with van der Waals surface area (Å²) in [5.41, 5.74) is 1.29. The Morgan fingerprint density at radius 2 is 1.93 bits per heavy atom. The average Bonchev–Trinajstić information content (AvgIpc) is 3.20. The van der Waals surface area contributed by atoms with E-state index in [2.05, 4.69) is 5.32 Å². The van der Waals surface area contributed by atoms with E-state index in [9.17, 15) is 20.2 Å². The first-order valence-corrected chi connectivity index (χ1v) is 8.35. The summed E-state index contributed by atoms with van der Waals surface area (Å²) in [4.78, 5) is 22.6. The number of benzene rings is 2. The van der Waals surface area contributed by atoms with Gasteiger partial charge in [0.2, 0.25) is 0 Å². The Labute approximate surface area is 160 Å². The molecule has 0 aliphatic carbocycles. The van der Waals surface area contributed by atoms with E-state index in [0.29, 0.717) is 23.6 Å². The van der Waals surface area contributed by atoms with Crippen LogP contribution in [0.1, 0.15) is 11.3 Å². The van der Waals surface area contributed by atoms with Crippen molar-refractivity contribution in [2.45, 2.75) is 6.54 Å². The number of nitro groups is 1. The predicted octanol–water partition coefficient (Wildman–Crippen LogP) is 4.08. The molecule has 0 atom stereocenters. The Morgan fingerprint density at radius 3 is 2.64 bits per heavy atom. The monoisotopic (exact) mass is 373 g/mol. The molecule has 0 spiro atoms. The summed E-state index contributed by atoms with van der Waals surface area (Å²) in [7, 11) is 0. The third-order valence-electron chi connectivity index (χ3n) is 3.92. The van der Waals surface area contributed by atoms with Crippen LogP contribution in [0, 0.1) is 21.4 Å². The molecule has 0 fully saturated rings. The summed E-state index contributed by atoms with van der Waals surface area (Å²) in [5, 5.41) is 22.9. The van der Waals surface area contributed by atoms with Crippen molar-refractivity contribution in [3.8, 4) is 17.4 Å². The highest BCUT2D eigenvalue weighted by atomic mass is 16.6. The summed E-state index contributed by atoms with van der Waals surface area (Å²) >= 11 is 0. The molecule has 1 amide bonds. The Bertz CT molecular complexity index is 1080. The van der Waals surface area contributed by atoms with Gasteiger partial charge in [0, 0.05) is 30.3 Å². The van der Waals surface area contributed by atoms with Gasteiger partial charge in [0.1, 0.15) is 23.2 Å². The number of nitrogens with one attached hydrogen (secondary N) is 1. The van der Waals surface area contributed by atoms with Crippen LogP contribution in [0.25, 0.3) is 17.4 Å². The Balaban J connectivity index is 1.75. The Kier molecular flexibility index (Phi) is 5.63. The Hall–Kier alpha value is -4.18. The van der Waals surface area contributed by atoms with Crippen molar-refractivity contribution in [3.63, 3.8) is 0 Å². The molecule has 0 aliphatic heterocycles. The van der Waals surface area contributed by atoms with E-state index in [1.165, 1.54) is 18.2 Å². The summed E-state index contributed by atoms with van der Waals surface area (Å²) in [6, 6.07) is 20.4. The van der Waals surface area contributed by atoms with Crippen molar-refractivity contribution in [1.82, 2.24) is 5.32 Å². The summed E-state index contributed by atoms with van der Waals surface area (Å²) in [6.45, 7) is 0.301. The lowest BCUT2D eigenvalue weighted by Crippen LogP contribution is -2.23. The highest BCUT2D eigenvalue weighted by Crippen LogP contribution is 2.26. The molecular formula is C21H15N3O4. The van der Waals surface area contributed by atoms with Crippen LogP contribution >= 0.6 is 0 Å². The van der Waals surface area contributed by atoms with Crippen LogP contribution < -0.4 is 5.32 Å². The second-order valence-electron chi connectivity index (χ2n) is 5.85. The van der Waals surface area contributed by atoms with E-state index >= 15 is 0 Å². The van der Waals surface area contributed by atoms with Gasteiger partial charge in [-0.3, -0.25) is 14.9 Å². The molecule has 1 heterocycles. The lowest BCUT2D eigenvalue weighted by Gasteiger charge is -2.03. The lowest BCUT2D eigenvalue weighted by molar-refractivity contribution is -0.384. The molecule has 7 heteroatoms. The first-order chi connectivity index (χ1) is 13.6. The minimum atomic E-state index is -0.514. The van der Waals surface area contributed by atoms with Gasteiger partial charge in [0.15, 0.2) is 0 Å². The SMILES string of the molecule is N#C/C(=C\c1ccc(-c2cccc([N+](=O)[O-])c2)o1)C(=O)NCc1ccccc1. The molecule has 0 unspecified atom stereocenters. The molecule has 138 valence electrons. The van der Waals surface area contributed by atoms with Gasteiger partial charge in [-0.15, -0.1) is 0 Å². The van der Waals surface area contributed by atoms with Crippen LogP contribution in [0.3, 0.4) is 0 Å². The van der Waals surface area contributed by atoms with E-state index in [-0.39, 0.29) is 11.3 Å². The summed E-state index contributed by atoms with van der Waals surface area (Å²) in [5.74, 6) is 0.185. The fraction of sp³-hybridized carbons (Fsp3) is 0.0476. The third kappa shape index (κ3) is 4.51. The number of carbonyl (C=O) groups excluding carboxylic acids is 1. The fourth-order valence-electron chi connectivity index (χ4n) is 2.52. The number of carbonyl (C=O) groups is 1. The smallest absolute Gasteiger partial charge is 0.270 e. The number of nitrogens with zero attached hydrogens (tertiary/aromatic N) is 2. The lowest BCUT2D eigenvalue weighted by atomic mass is 10.1. The van der Waals surface area contributed by atoms with Gasteiger partial charge in [0.25, 0.3) is 11.6 Å². The van der Waals surface area contributed by atoms with Gasteiger partial charge in [-0.1, -0.05) is 42.5 Å². The fourth-order valence-corrected chi connectivity index (χ4v) is 2.52. The number of rotatable bonds is 6. The van der Waals surface area contributed by atoms with Crippen LogP contribution in [0.5, 0.6) is 0 Å². The topological polar surface area (TPSA) is 109 Å². The van der Waals surface area contributed by atoms with Crippen molar-refractivity contribution in [2.75, 3.05) is 0 Å².